The highest BCUT2D eigenvalue weighted by atomic mass is 16.5. The Morgan fingerprint density at radius 3 is 2.88 bits per heavy atom. The highest BCUT2D eigenvalue weighted by molar-refractivity contribution is 5.93. The van der Waals surface area contributed by atoms with Gasteiger partial charge < -0.3 is 10.1 Å². The van der Waals surface area contributed by atoms with E-state index in [1.54, 1.807) is 0 Å². The maximum Gasteiger partial charge on any atom is 0.242 e. The van der Waals surface area contributed by atoms with Gasteiger partial charge in [0.2, 0.25) is 11.8 Å². The van der Waals surface area contributed by atoms with Gasteiger partial charge in [-0.15, -0.1) is 0 Å². The van der Waals surface area contributed by atoms with Crippen molar-refractivity contribution in [1.29, 1.82) is 0 Å². The van der Waals surface area contributed by atoms with Crippen molar-refractivity contribution >= 4 is 11.8 Å². The number of hydrogen-bond acceptors (Lipinski definition) is 3. The Balaban J connectivity index is 2.09. The molecule has 4 heteroatoms. The molecule has 1 heterocycles. The minimum Gasteiger partial charge on any atom is -0.480 e. The molecule has 1 aliphatic rings. The van der Waals surface area contributed by atoms with E-state index in [0.717, 1.165) is 5.56 Å². The first-order chi connectivity index (χ1) is 8.29. The van der Waals surface area contributed by atoms with Crippen molar-refractivity contribution in [2.45, 2.75) is 19.4 Å². The predicted octanol–water partition coefficient (Wildman–Crippen LogP) is 1.16. The summed E-state index contributed by atoms with van der Waals surface area (Å²) in [5.41, 5.74) is 1.16. The number of amides is 1. The predicted molar refractivity (Wildman–Crippen MR) is 66.0 cm³/mol. The summed E-state index contributed by atoms with van der Waals surface area (Å²) in [4.78, 5) is 15.5. The number of ether oxygens (including phenoxy) is 1. The van der Waals surface area contributed by atoms with Crippen molar-refractivity contribution in [2.75, 3.05) is 13.2 Å². The Bertz CT molecular complexity index is 415. The van der Waals surface area contributed by atoms with Crippen LogP contribution in [0.25, 0.3) is 0 Å². The van der Waals surface area contributed by atoms with Gasteiger partial charge in [0.15, 0.2) is 0 Å². The molecule has 2 rings (SSSR count). The van der Waals surface area contributed by atoms with E-state index in [-0.39, 0.29) is 18.5 Å². The smallest absolute Gasteiger partial charge is 0.242 e. The van der Waals surface area contributed by atoms with Crippen LogP contribution < -0.4 is 5.32 Å². The third-order valence-corrected chi connectivity index (χ3v) is 2.59. The van der Waals surface area contributed by atoms with Crippen LogP contribution in [0.15, 0.2) is 35.3 Å². The van der Waals surface area contributed by atoms with Crippen LogP contribution in [0.3, 0.4) is 0 Å². The Hall–Kier alpha value is -1.84. The standard InChI is InChI=1S/C13H16N2O2/c1-2-17-13-11(15-12(16)9-14-13)8-10-6-4-3-5-7-10/h3-7,11H,2,8-9H2,1H3,(H,15,16). The Morgan fingerprint density at radius 1 is 1.41 bits per heavy atom. The molecule has 0 saturated carbocycles. The monoisotopic (exact) mass is 232 g/mol. The van der Waals surface area contributed by atoms with Gasteiger partial charge in [0.1, 0.15) is 12.6 Å². The quantitative estimate of drug-likeness (QED) is 0.850. The summed E-state index contributed by atoms with van der Waals surface area (Å²) >= 11 is 0. The van der Waals surface area contributed by atoms with E-state index in [1.165, 1.54) is 0 Å². The van der Waals surface area contributed by atoms with E-state index >= 15 is 0 Å². The Labute approximate surface area is 101 Å². The fourth-order valence-corrected chi connectivity index (χ4v) is 1.84. The van der Waals surface area contributed by atoms with E-state index in [9.17, 15) is 4.79 Å². The SMILES string of the molecule is CCOC1=NCC(=O)NC1Cc1ccccc1. The van der Waals surface area contributed by atoms with Crippen molar-refractivity contribution < 1.29 is 9.53 Å². The lowest BCUT2D eigenvalue weighted by Crippen LogP contribution is -2.48. The van der Waals surface area contributed by atoms with Gasteiger partial charge >= 0.3 is 0 Å². The lowest BCUT2D eigenvalue weighted by atomic mass is 10.0. The molecule has 1 atom stereocenters. The third-order valence-electron chi connectivity index (χ3n) is 2.59. The van der Waals surface area contributed by atoms with Gasteiger partial charge in [-0.05, 0) is 12.5 Å². The van der Waals surface area contributed by atoms with Gasteiger partial charge in [0, 0.05) is 6.42 Å². The third kappa shape index (κ3) is 3.06. The van der Waals surface area contributed by atoms with Gasteiger partial charge in [0.05, 0.1) is 6.61 Å². The first-order valence-corrected chi connectivity index (χ1v) is 5.80. The van der Waals surface area contributed by atoms with Gasteiger partial charge in [-0.3, -0.25) is 4.79 Å². The molecule has 1 aromatic carbocycles. The number of hydrogen-bond donors (Lipinski definition) is 1. The normalized spacial score (nSPS) is 19.5. The molecular formula is C13H16N2O2. The number of carbonyl (C=O) groups excluding carboxylic acids is 1. The summed E-state index contributed by atoms with van der Waals surface area (Å²) in [6, 6.07) is 9.86. The van der Waals surface area contributed by atoms with Crippen molar-refractivity contribution in [3.63, 3.8) is 0 Å². The van der Waals surface area contributed by atoms with Crippen molar-refractivity contribution in [2.24, 2.45) is 4.99 Å². The Kier molecular flexibility index (Phi) is 3.75. The van der Waals surface area contributed by atoms with E-state index in [1.807, 2.05) is 37.3 Å². The zero-order valence-electron chi connectivity index (χ0n) is 9.85. The second-order valence-corrected chi connectivity index (χ2v) is 3.90. The van der Waals surface area contributed by atoms with E-state index < -0.39 is 0 Å². The van der Waals surface area contributed by atoms with Crippen LogP contribution in [-0.4, -0.2) is 31.0 Å². The minimum atomic E-state index is -0.140. The second-order valence-electron chi connectivity index (χ2n) is 3.90. The molecule has 1 amide bonds. The van der Waals surface area contributed by atoms with Crippen LogP contribution >= 0.6 is 0 Å². The number of carbonyl (C=O) groups is 1. The molecule has 0 saturated heterocycles. The largest absolute Gasteiger partial charge is 0.480 e. The van der Waals surface area contributed by atoms with E-state index in [2.05, 4.69) is 10.3 Å². The maximum absolute atomic E-state index is 11.3. The summed E-state index contributed by atoms with van der Waals surface area (Å²) in [6.45, 7) is 2.65. The van der Waals surface area contributed by atoms with E-state index in [0.29, 0.717) is 18.9 Å². The van der Waals surface area contributed by atoms with Crippen LogP contribution in [0.1, 0.15) is 12.5 Å². The molecule has 4 nitrogen and oxygen atoms in total. The fourth-order valence-electron chi connectivity index (χ4n) is 1.84. The molecule has 1 unspecified atom stereocenters. The highest BCUT2D eigenvalue weighted by Gasteiger charge is 2.24. The molecule has 0 aliphatic carbocycles. The first-order valence-electron chi connectivity index (χ1n) is 5.80. The molecule has 1 N–H and O–H groups in total. The lowest BCUT2D eigenvalue weighted by Gasteiger charge is -2.24. The second kappa shape index (κ2) is 5.48. The van der Waals surface area contributed by atoms with Crippen molar-refractivity contribution in [3.05, 3.63) is 35.9 Å². The molecule has 90 valence electrons. The van der Waals surface area contributed by atoms with Crippen LogP contribution in [0.2, 0.25) is 0 Å². The van der Waals surface area contributed by atoms with Crippen LogP contribution in [0.4, 0.5) is 0 Å². The summed E-state index contributed by atoms with van der Waals surface area (Å²) in [5.74, 6) is 0.588. The Morgan fingerprint density at radius 2 is 2.18 bits per heavy atom. The molecule has 0 bridgehead atoms. The van der Waals surface area contributed by atoms with Gasteiger partial charge in [0.25, 0.3) is 0 Å². The topological polar surface area (TPSA) is 50.7 Å². The lowest BCUT2D eigenvalue weighted by molar-refractivity contribution is -0.120. The van der Waals surface area contributed by atoms with Crippen molar-refractivity contribution in [1.82, 2.24) is 5.32 Å². The zero-order valence-corrected chi connectivity index (χ0v) is 9.85. The van der Waals surface area contributed by atoms with Crippen LogP contribution in [0, 0.1) is 0 Å². The summed E-state index contributed by atoms with van der Waals surface area (Å²) in [6.07, 6.45) is 0.714. The first kappa shape index (κ1) is 11.6. The molecule has 0 radical (unpaired) electrons. The summed E-state index contributed by atoms with van der Waals surface area (Å²) in [7, 11) is 0. The average molecular weight is 232 g/mol. The van der Waals surface area contributed by atoms with E-state index in [4.69, 9.17) is 4.74 Å². The molecule has 0 fully saturated rings. The maximum atomic E-state index is 11.3. The number of rotatable bonds is 3. The number of nitrogens with one attached hydrogen (secondary N) is 1. The molecule has 1 aliphatic heterocycles. The zero-order chi connectivity index (χ0) is 12.1. The molecule has 17 heavy (non-hydrogen) atoms. The molecular weight excluding hydrogens is 216 g/mol. The average Bonchev–Trinajstić information content (AvgIpc) is 2.34. The number of nitrogens with zero attached hydrogens (tertiary/aromatic N) is 1. The highest BCUT2D eigenvalue weighted by Crippen LogP contribution is 2.08. The molecule has 1 aromatic rings. The van der Waals surface area contributed by atoms with Gasteiger partial charge in [-0.2, -0.15) is 0 Å². The molecule has 0 aromatic heterocycles. The van der Waals surface area contributed by atoms with Gasteiger partial charge in [-0.1, -0.05) is 30.3 Å². The molecule has 0 spiro atoms. The fraction of sp³-hybridized carbons (Fsp3) is 0.385. The number of benzene rings is 1. The number of aliphatic imine (C=N–C) groups is 1. The summed E-state index contributed by atoms with van der Waals surface area (Å²) in [5, 5.41) is 2.91. The summed E-state index contributed by atoms with van der Waals surface area (Å²) < 4.78 is 5.45. The van der Waals surface area contributed by atoms with Crippen LogP contribution in [0.5, 0.6) is 0 Å². The minimum absolute atomic E-state index is 0.0469. The van der Waals surface area contributed by atoms with Crippen molar-refractivity contribution in [3.8, 4) is 0 Å². The van der Waals surface area contributed by atoms with Crippen LogP contribution in [-0.2, 0) is 16.0 Å². The van der Waals surface area contributed by atoms with Gasteiger partial charge in [-0.25, -0.2) is 4.99 Å².